The van der Waals surface area contributed by atoms with Gasteiger partial charge in [-0.2, -0.15) is 9.78 Å². The summed E-state index contributed by atoms with van der Waals surface area (Å²) < 4.78 is 12.1. The number of rotatable bonds is 5. The van der Waals surface area contributed by atoms with E-state index in [1.807, 2.05) is 48.5 Å². The first-order chi connectivity index (χ1) is 11.3. The number of nitrogens with zero attached hydrogens (tertiary/aromatic N) is 4. The van der Waals surface area contributed by atoms with E-state index in [4.69, 9.17) is 9.47 Å². The highest BCUT2D eigenvalue weighted by molar-refractivity contribution is 5.81. The molecule has 0 spiro atoms. The second-order valence-electron chi connectivity index (χ2n) is 4.76. The number of aromatic nitrogens is 3. The van der Waals surface area contributed by atoms with Crippen LogP contribution in [0.3, 0.4) is 0 Å². The van der Waals surface area contributed by atoms with Gasteiger partial charge in [-0.3, -0.25) is 0 Å². The standard InChI is InChI=1S/C17H16N4O2/c1-22-15-8-13(9-16(10-15)23-2)11-19-21-12-18-20-17(21)14-6-4-3-5-7-14/h3-12H,1-2H3/b19-11-. The lowest BCUT2D eigenvalue weighted by Crippen LogP contribution is -1.95. The molecule has 1 heterocycles. The monoisotopic (exact) mass is 308 g/mol. The van der Waals surface area contributed by atoms with E-state index in [0.717, 1.165) is 11.1 Å². The molecule has 1 aromatic heterocycles. The van der Waals surface area contributed by atoms with Crippen molar-refractivity contribution in [1.29, 1.82) is 0 Å². The first-order valence-corrected chi connectivity index (χ1v) is 7.03. The van der Waals surface area contributed by atoms with Gasteiger partial charge in [0.15, 0.2) is 5.82 Å². The van der Waals surface area contributed by atoms with Crippen LogP contribution in [0.2, 0.25) is 0 Å². The van der Waals surface area contributed by atoms with Gasteiger partial charge in [0.1, 0.15) is 17.8 Å². The van der Waals surface area contributed by atoms with E-state index in [1.165, 1.54) is 0 Å². The van der Waals surface area contributed by atoms with Crippen LogP contribution in [0.5, 0.6) is 11.5 Å². The highest BCUT2D eigenvalue weighted by atomic mass is 16.5. The number of hydrogen-bond acceptors (Lipinski definition) is 5. The van der Waals surface area contributed by atoms with E-state index in [2.05, 4.69) is 15.3 Å². The highest BCUT2D eigenvalue weighted by Crippen LogP contribution is 2.21. The van der Waals surface area contributed by atoms with E-state index >= 15 is 0 Å². The topological polar surface area (TPSA) is 61.5 Å². The summed E-state index contributed by atoms with van der Waals surface area (Å²) >= 11 is 0. The lowest BCUT2D eigenvalue weighted by Gasteiger charge is -2.05. The van der Waals surface area contributed by atoms with Crippen molar-refractivity contribution in [3.63, 3.8) is 0 Å². The van der Waals surface area contributed by atoms with Gasteiger partial charge in [0.25, 0.3) is 0 Å². The summed E-state index contributed by atoms with van der Waals surface area (Å²) in [4.78, 5) is 0. The summed E-state index contributed by atoms with van der Waals surface area (Å²) in [7, 11) is 3.23. The zero-order valence-electron chi connectivity index (χ0n) is 12.9. The van der Waals surface area contributed by atoms with Crippen LogP contribution in [-0.4, -0.2) is 35.3 Å². The van der Waals surface area contributed by atoms with Gasteiger partial charge in [-0.1, -0.05) is 30.3 Å². The molecule has 23 heavy (non-hydrogen) atoms. The summed E-state index contributed by atoms with van der Waals surface area (Å²) in [6.07, 6.45) is 3.27. The predicted molar refractivity (Wildman–Crippen MR) is 88.0 cm³/mol. The number of hydrogen-bond donors (Lipinski definition) is 0. The fourth-order valence-corrected chi connectivity index (χ4v) is 2.12. The van der Waals surface area contributed by atoms with Gasteiger partial charge in [0, 0.05) is 17.2 Å². The van der Waals surface area contributed by atoms with Gasteiger partial charge in [-0.05, 0) is 12.1 Å². The molecule has 0 aliphatic rings. The molecule has 0 aliphatic carbocycles. The quantitative estimate of drug-likeness (QED) is 0.680. The highest BCUT2D eigenvalue weighted by Gasteiger charge is 2.05. The van der Waals surface area contributed by atoms with Crippen LogP contribution < -0.4 is 9.47 Å². The number of benzene rings is 2. The SMILES string of the molecule is COc1cc(/C=N\n2cnnc2-c2ccccc2)cc(OC)c1. The zero-order valence-corrected chi connectivity index (χ0v) is 12.9. The maximum absolute atomic E-state index is 5.25. The molecule has 6 nitrogen and oxygen atoms in total. The molecule has 6 heteroatoms. The smallest absolute Gasteiger partial charge is 0.184 e. The fraction of sp³-hybridized carbons (Fsp3) is 0.118. The molecule has 0 unspecified atom stereocenters. The van der Waals surface area contributed by atoms with Crippen LogP contribution in [0.4, 0.5) is 0 Å². The third-order valence-electron chi connectivity index (χ3n) is 3.27. The molecular weight excluding hydrogens is 292 g/mol. The Hall–Kier alpha value is -3.15. The van der Waals surface area contributed by atoms with Crippen molar-refractivity contribution in [2.45, 2.75) is 0 Å². The van der Waals surface area contributed by atoms with E-state index in [9.17, 15) is 0 Å². The molecule has 0 saturated heterocycles. The Balaban J connectivity index is 1.91. The van der Waals surface area contributed by atoms with Crippen LogP contribution in [0, 0.1) is 0 Å². The Morgan fingerprint density at radius 3 is 2.35 bits per heavy atom. The average molecular weight is 308 g/mol. The minimum atomic E-state index is 0.678. The third kappa shape index (κ3) is 3.37. The van der Waals surface area contributed by atoms with Crippen LogP contribution in [0.15, 0.2) is 60.0 Å². The zero-order chi connectivity index (χ0) is 16.1. The van der Waals surface area contributed by atoms with E-state index < -0.39 is 0 Å². The lowest BCUT2D eigenvalue weighted by molar-refractivity contribution is 0.394. The average Bonchev–Trinajstić information content (AvgIpc) is 3.09. The molecule has 0 N–H and O–H groups in total. The van der Waals surface area contributed by atoms with Gasteiger partial charge in [0.05, 0.1) is 20.4 Å². The summed E-state index contributed by atoms with van der Waals surface area (Å²) in [6, 6.07) is 15.3. The van der Waals surface area contributed by atoms with Crippen molar-refractivity contribution in [1.82, 2.24) is 14.9 Å². The number of methoxy groups -OCH3 is 2. The molecule has 0 bridgehead atoms. The van der Waals surface area contributed by atoms with E-state index in [-0.39, 0.29) is 0 Å². The van der Waals surface area contributed by atoms with E-state index in [1.54, 1.807) is 31.4 Å². The minimum absolute atomic E-state index is 0.678. The van der Waals surface area contributed by atoms with Crippen molar-refractivity contribution in [3.8, 4) is 22.9 Å². The van der Waals surface area contributed by atoms with Gasteiger partial charge in [0.2, 0.25) is 0 Å². The first-order valence-electron chi connectivity index (χ1n) is 7.03. The molecule has 0 atom stereocenters. The van der Waals surface area contributed by atoms with Crippen molar-refractivity contribution in [2.24, 2.45) is 5.10 Å². The summed E-state index contributed by atoms with van der Waals surface area (Å²) in [5.41, 5.74) is 1.80. The molecule has 2 aromatic carbocycles. The molecular formula is C17H16N4O2. The summed E-state index contributed by atoms with van der Waals surface area (Å²) in [6.45, 7) is 0. The van der Waals surface area contributed by atoms with Crippen LogP contribution in [-0.2, 0) is 0 Å². The summed E-state index contributed by atoms with van der Waals surface area (Å²) in [5.74, 6) is 2.09. The van der Waals surface area contributed by atoms with Crippen LogP contribution in [0.1, 0.15) is 5.56 Å². The molecule has 3 aromatic rings. The lowest BCUT2D eigenvalue weighted by atomic mass is 10.2. The van der Waals surface area contributed by atoms with Crippen molar-refractivity contribution in [2.75, 3.05) is 14.2 Å². The van der Waals surface area contributed by atoms with Crippen LogP contribution >= 0.6 is 0 Å². The fourth-order valence-electron chi connectivity index (χ4n) is 2.12. The Bertz CT molecular complexity index is 790. The normalized spacial score (nSPS) is 10.9. The molecule has 0 fully saturated rings. The largest absolute Gasteiger partial charge is 0.497 e. The second kappa shape index (κ2) is 6.74. The predicted octanol–water partition coefficient (Wildman–Crippen LogP) is 2.84. The van der Waals surface area contributed by atoms with Gasteiger partial charge >= 0.3 is 0 Å². The van der Waals surface area contributed by atoms with Gasteiger partial charge in [-0.25, -0.2) is 0 Å². The first kappa shape index (κ1) is 14.8. The second-order valence-corrected chi connectivity index (χ2v) is 4.76. The molecule has 0 amide bonds. The Kier molecular flexibility index (Phi) is 4.33. The summed E-state index contributed by atoms with van der Waals surface area (Å²) in [5, 5.41) is 12.5. The molecule has 3 rings (SSSR count). The molecule has 0 aliphatic heterocycles. The van der Waals surface area contributed by atoms with Crippen molar-refractivity contribution < 1.29 is 9.47 Å². The Morgan fingerprint density at radius 2 is 1.70 bits per heavy atom. The van der Waals surface area contributed by atoms with Gasteiger partial charge < -0.3 is 9.47 Å². The Morgan fingerprint density at radius 1 is 1.00 bits per heavy atom. The van der Waals surface area contributed by atoms with Crippen molar-refractivity contribution >= 4 is 6.21 Å². The van der Waals surface area contributed by atoms with Crippen molar-refractivity contribution in [3.05, 3.63) is 60.4 Å². The molecule has 116 valence electrons. The van der Waals surface area contributed by atoms with Gasteiger partial charge in [-0.15, -0.1) is 10.2 Å². The Labute approximate surface area is 134 Å². The van der Waals surface area contributed by atoms with E-state index in [0.29, 0.717) is 17.3 Å². The maximum atomic E-state index is 5.25. The third-order valence-corrected chi connectivity index (χ3v) is 3.27. The maximum Gasteiger partial charge on any atom is 0.184 e. The molecule has 0 saturated carbocycles. The molecule has 0 radical (unpaired) electrons. The minimum Gasteiger partial charge on any atom is -0.497 e. The van der Waals surface area contributed by atoms with Crippen LogP contribution in [0.25, 0.3) is 11.4 Å². The number of ether oxygens (including phenoxy) is 2.